The molecule has 0 radical (unpaired) electrons. The summed E-state index contributed by atoms with van der Waals surface area (Å²) in [4.78, 5) is 9.81. The van der Waals surface area contributed by atoms with Crippen LogP contribution in [0.4, 0.5) is 0 Å². The first kappa shape index (κ1) is 8.70. The number of aryl methyl sites for hydroxylation is 1. The second-order valence-corrected chi connectivity index (χ2v) is 7.03. The average Bonchev–Trinajstić information content (AvgIpc) is 1.86. The van der Waals surface area contributed by atoms with Crippen LogP contribution < -0.4 is 5.30 Å². The van der Waals surface area contributed by atoms with Crippen LogP contribution in [0.5, 0.6) is 0 Å². The van der Waals surface area contributed by atoms with Crippen LogP contribution in [0.1, 0.15) is 5.56 Å². The van der Waals surface area contributed by atoms with Crippen molar-refractivity contribution in [1.29, 1.82) is 0 Å². The van der Waals surface area contributed by atoms with Gasteiger partial charge in [-0.25, -0.2) is 0 Å². The van der Waals surface area contributed by atoms with Crippen molar-refractivity contribution in [2.45, 2.75) is 6.92 Å². The molecule has 0 amide bonds. The number of hydrogen-bond acceptors (Lipinski definition) is 1. The van der Waals surface area contributed by atoms with Gasteiger partial charge in [-0.15, -0.1) is 0 Å². The first-order chi connectivity index (χ1) is 5.02. The Morgan fingerprint density at radius 2 is 1.73 bits per heavy atom. The Bertz CT molecular complexity index is 250. The summed E-state index contributed by atoms with van der Waals surface area (Å²) < 4.78 is 0. The van der Waals surface area contributed by atoms with E-state index in [1.54, 1.807) is 0 Å². The molecule has 1 nitrogen and oxygen atoms in total. The molecule has 0 bridgehead atoms. The van der Waals surface area contributed by atoms with E-state index in [0.29, 0.717) is 0 Å². The Balaban J connectivity index is 3.14. The van der Waals surface area contributed by atoms with Gasteiger partial charge in [0.25, 0.3) is 0 Å². The molecule has 0 aromatic heterocycles. The van der Waals surface area contributed by atoms with Crippen molar-refractivity contribution in [2.24, 2.45) is 0 Å². The first-order valence-electron chi connectivity index (χ1n) is 3.80. The Kier molecular flexibility index (Phi) is 2.31. The van der Waals surface area contributed by atoms with Crippen LogP contribution in [0.2, 0.25) is 0 Å². The SMILES string of the molecule is Cc1ccccc1[PH](C)(C)O. The Morgan fingerprint density at radius 1 is 1.18 bits per heavy atom. The predicted octanol–water partition coefficient (Wildman–Crippen LogP) is 1.54. The Labute approximate surface area is 68.5 Å². The fourth-order valence-corrected chi connectivity index (χ4v) is 2.81. The minimum absolute atomic E-state index is 1.14. The molecule has 0 atom stereocenters. The van der Waals surface area contributed by atoms with Crippen LogP contribution in [-0.4, -0.2) is 18.2 Å². The van der Waals surface area contributed by atoms with Gasteiger partial charge >= 0.3 is 67.8 Å². The van der Waals surface area contributed by atoms with Gasteiger partial charge in [-0.05, 0) is 0 Å². The van der Waals surface area contributed by atoms with Crippen LogP contribution in [-0.2, 0) is 0 Å². The van der Waals surface area contributed by atoms with Crippen molar-refractivity contribution in [3.63, 3.8) is 0 Å². The number of benzene rings is 1. The monoisotopic (exact) mass is 170 g/mol. The van der Waals surface area contributed by atoms with Crippen LogP contribution in [0.3, 0.4) is 0 Å². The summed E-state index contributed by atoms with van der Waals surface area (Å²) in [5.74, 6) is 0. The van der Waals surface area contributed by atoms with Gasteiger partial charge in [0.05, 0.1) is 0 Å². The second kappa shape index (κ2) is 2.92. The molecule has 0 aliphatic rings. The third-order valence-electron chi connectivity index (χ3n) is 1.80. The summed E-state index contributed by atoms with van der Waals surface area (Å²) in [7, 11) is -2.08. The van der Waals surface area contributed by atoms with Crippen molar-refractivity contribution in [3.05, 3.63) is 29.8 Å². The van der Waals surface area contributed by atoms with Gasteiger partial charge in [-0.2, -0.15) is 0 Å². The molecule has 0 saturated heterocycles. The Hall–Kier alpha value is -0.390. The molecule has 0 aliphatic heterocycles. The van der Waals surface area contributed by atoms with E-state index in [1.165, 1.54) is 5.56 Å². The van der Waals surface area contributed by atoms with E-state index in [1.807, 2.05) is 44.5 Å². The second-order valence-electron chi connectivity index (χ2n) is 3.37. The normalized spacial score (nSPS) is 13.1. The summed E-state index contributed by atoms with van der Waals surface area (Å²) in [5, 5.41) is 1.14. The molecule has 1 rings (SSSR count). The fourth-order valence-electron chi connectivity index (χ4n) is 1.26. The summed E-state index contributed by atoms with van der Waals surface area (Å²) in [6, 6.07) is 8.04. The van der Waals surface area contributed by atoms with Crippen LogP contribution in [0, 0.1) is 6.92 Å². The quantitative estimate of drug-likeness (QED) is 0.634. The molecular weight excluding hydrogens is 155 g/mol. The molecule has 11 heavy (non-hydrogen) atoms. The minimum atomic E-state index is -2.08. The molecular formula is C9H15OP. The van der Waals surface area contributed by atoms with Gasteiger partial charge in [0, 0.05) is 0 Å². The van der Waals surface area contributed by atoms with E-state index < -0.39 is 7.49 Å². The zero-order chi connectivity index (χ0) is 8.48. The number of hydrogen-bond donors (Lipinski definition) is 1. The van der Waals surface area contributed by atoms with Gasteiger partial charge in [0.15, 0.2) is 0 Å². The van der Waals surface area contributed by atoms with Crippen LogP contribution >= 0.6 is 7.49 Å². The molecule has 1 aromatic carbocycles. The molecule has 62 valence electrons. The summed E-state index contributed by atoms with van der Waals surface area (Å²) in [6.45, 7) is 5.92. The maximum absolute atomic E-state index is 9.81. The zero-order valence-corrected chi connectivity index (χ0v) is 8.26. The topological polar surface area (TPSA) is 20.2 Å². The van der Waals surface area contributed by atoms with E-state index in [4.69, 9.17) is 0 Å². The maximum atomic E-state index is 9.81. The van der Waals surface area contributed by atoms with Gasteiger partial charge < -0.3 is 0 Å². The van der Waals surface area contributed by atoms with Crippen molar-refractivity contribution in [3.8, 4) is 0 Å². The standard InChI is InChI=1S/C9H15OP/c1-8-6-4-5-7-9(8)11(2,3)10/h4-7,10-11H,1-3H3. The first-order valence-corrected chi connectivity index (χ1v) is 6.75. The molecule has 0 heterocycles. The van der Waals surface area contributed by atoms with Crippen molar-refractivity contribution >= 4 is 12.8 Å². The predicted molar refractivity (Wildman–Crippen MR) is 53.2 cm³/mol. The van der Waals surface area contributed by atoms with Crippen LogP contribution in [0.25, 0.3) is 0 Å². The third kappa shape index (κ3) is 2.02. The van der Waals surface area contributed by atoms with E-state index in [9.17, 15) is 4.89 Å². The van der Waals surface area contributed by atoms with Gasteiger partial charge in [0.2, 0.25) is 0 Å². The Morgan fingerprint density at radius 3 is 2.09 bits per heavy atom. The molecule has 0 fully saturated rings. The van der Waals surface area contributed by atoms with Gasteiger partial charge in [-0.3, -0.25) is 0 Å². The molecule has 0 unspecified atom stereocenters. The average molecular weight is 170 g/mol. The van der Waals surface area contributed by atoms with Crippen molar-refractivity contribution in [1.82, 2.24) is 0 Å². The van der Waals surface area contributed by atoms with Crippen molar-refractivity contribution < 1.29 is 4.89 Å². The molecule has 1 aromatic rings. The summed E-state index contributed by atoms with van der Waals surface area (Å²) in [6.07, 6.45) is 0. The molecule has 1 N–H and O–H groups in total. The third-order valence-corrected chi connectivity index (χ3v) is 3.68. The fraction of sp³-hybridized carbons (Fsp3) is 0.333. The van der Waals surface area contributed by atoms with E-state index >= 15 is 0 Å². The summed E-state index contributed by atoms with van der Waals surface area (Å²) >= 11 is 0. The summed E-state index contributed by atoms with van der Waals surface area (Å²) in [5.41, 5.74) is 1.20. The molecule has 0 saturated carbocycles. The van der Waals surface area contributed by atoms with E-state index in [0.717, 1.165) is 5.30 Å². The molecule has 0 aliphatic carbocycles. The number of rotatable bonds is 1. The van der Waals surface area contributed by atoms with E-state index in [2.05, 4.69) is 0 Å². The van der Waals surface area contributed by atoms with Gasteiger partial charge in [-0.1, -0.05) is 0 Å². The van der Waals surface area contributed by atoms with Gasteiger partial charge in [0.1, 0.15) is 0 Å². The molecule has 0 spiro atoms. The van der Waals surface area contributed by atoms with E-state index in [-0.39, 0.29) is 0 Å². The van der Waals surface area contributed by atoms with Crippen LogP contribution in [0.15, 0.2) is 24.3 Å². The zero-order valence-electron chi connectivity index (χ0n) is 7.26. The molecule has 2 heteroatoms. The van der Waals surface area contributed by atoms with Crippen molar-refractivity contribution in [2.75, 3.05) is 13.3 Å².